The Morgan fingerprint density at radius 1 is 1.12 bits per heavy atom. The van der Waals surface area contributed by atoms with Crippen molar-refractivity contribution >= 4 is 22.6 Å². The first-order chi connectivity index (χ1) is 11.8. The summed E-state index contributed by atoms with van der Waals surface area (Å²) in [5, 5.41) is 0. The van der Waals surface area contributed by atoms with Crippen LogP contribution in [0.2, 0.25) is 0 Å². The van der Waals surface area contributed by atoms with Gasteiger partial charge in [0.05, 0.1) is 17.6 Å². The Morgan fingerprint density at radius 2 is 1.88 bits per heavy atom. The molecule has 24 heavy (non-hydrogen) atoms. The molecule has 0 radical (unpaired) electrons. The van der Waals surface area contributed by atoms with Crippen molar-refractivity contribution in [1.29, 1.82) is 0 Å². The molecular weight excluding hydrogens is 298 g/mol. The van der Waals surface area contributed by atoms with Gasteiger partial charge in [0.25, 0.3) is 0 Å². The Kier molecular flexibility index (Phi) is 3.55. The summed E-state index contributed by atoms with van der Waals surface area (Å²) < 4.78 is 2.06. The second-order valence-corrected chi connectivity index (χ2v) is 5.99. The van der Waals surface area contributed by atoms with Crippen molar-refractivity contribution in [2.45, 2.75) is 18.9 Å². The third-order valence-electron chi connectivity index (χ3n) is 4.49. The van der Waals surface area contributed by atoms with E-state index in [4.69, 9.17) is 11.4 Å². The number of nitrogens with zero attached hydrogens (tertiary/aromatic N) is 3. The lowest BCUT2D eigenvalue weighted by Crippen LogP contribution is -2.24. The van der Waals surface area contributed by atoms with Crippen LogP contribution in [0, 0.1) is 12.3 Å². The van der Waals surface area contributed by atoms with E-state index < -0.39 is 0 Å². The van der Waals surface area contributed by atoms with E-state index in [1.807, 2.05) is 59.5 Å². The third kappa shape index (κ3) is 2.35. The fraction of sp³-hybridized carbons (Fsp3) is 0.200. The molecule has 0 unspecified atom stereocenters. The Morgan fingerprint density at radius 3 is 2.67 bits per heavy atom. The van der Waals surface area contributed by atoms with Crippen LogP contribution in [-0.4, -0.2) is 22.0 Å². The summed E-state index contributed by atoms with van der Waals surface area (Å²) >= 11 is 0. The van der Waals surface area contributed by atoms with Gasteiger partial charge in [0.1, 0.15) is 5.82 Å². The smallest absolute Gasteiger partial charge is 0.227 e. The van der Waals surface area contributed by atoms with Crippen molar-refractivity contribution < 1.29 is 4.79 Å². The summed E-state index contributed by atoms with van der Waals surface area (Å²) in [6, 6.07) is 17.7. The number of para-hydroxylation sites is 3. The first kappa shape index (κ1) is 14.5. The van der Waals surface area contributed by atoms with Gasteiger partial charge >= 0.3 is 0 Å². The Hall–Kier alpha value is -3.06. The summed E-state index contributed by atoms with van der Waals surface area (Å²) in [7, 11) is 0. The molecule has 1 aliphatic heterocycles. The van der Waals surface area contributed by atoms with E-state index in [-0.39, 0.29) is 11.8 Å². The van der Waals surface area contributed by atoms with Crippen LogP contribution in [0.3, 0.4) is 0 Å². The molecule has 4 nitrogen and oxygen atoms in total. The summed E-state index contributed by atoms with van der Waals surface area (Å²) in [5.41, 5.74) is 2.88. The number of aromatic nitrogens is 2. The minimum atomic E-state index is 0.0541. The molecule has 1 atom stereocenters. The number of amides is 1. The number of carbonyl (C=O) groups excluding carboxylic acids is 1. The summed E-state index contributed by atoms with van der Waals surface area (Å²) in [4.78, 5) is 19.1. The molecule has 3 aromatic rings. The molecule has 1 fully saturated rings. The molecule has 4 heteroatoms. The van der Waals surface area contributed by atoms with Crippen LogP contribution in [0.5, 0.6) is 0 Å². The van der Waals surface area contributed by atoms with Gasteiger partial charge in [0, 0.05) is 24.6 Å². The molecule has 0 N–H and O–H groups in total. The summed E-state index contributed by atoms with van der Waals surface area (Å²) in [6.45, 7) is 1.10. The standard InChI is InChI=1S/C20H17N3O/c1-2-12-22-18-11-7-6-10-17(18)21-20(22)15-13-19(24)23(14-15)16-8-4-3-5-9-16/h1,3-11,15H,12-14H2/t15-/m1/s1. The van der Waals surface area contributed by atoms with Gasteiger partial charge in [0.2, 0.25) is 5.91 Å². The van der Waals surface area contributed by atoms with E-state index in [9.17, 15) is 4.79 Å². The molecule has 0 saturated carbocycles. The highest BCUT2D eigenvalue weighted by Gasteiger charge is 2.34. The van der Waals surface area contributed by atoms with Crippen molar-refractivity contribution in [3.8, 4) is 12.3 Å². The number of hydrogen-bond acceptors (Lipinski definition) is 2. The molecule has 1 aromatic heterocycles. The number of hydrogen-bond donors (Lipinski definition) is 0. The summed E-state index contributed by atoms with van der Waals surface area (Å²) in [6.07, 6.45) is 6.01. The maximum atomic E-state index is 12.5. The van der Waals surface area contributed by atoms with Crippen LogP contribution >= 0.6 is 0 Å². The SMILES string of the molecule is C#CCn1c([C@@H]2CC(=O)N(c3ccccc3)C2)nc2ccccc21. The molecule has 118 valence electrons. The second kappa shape index (κ2) is 5.86. The van der Waals surface area contributed by atoms with E-state index in [2.05, 4.69) is 10.5 Å². The van der Waals surface area contributed by atoms with Crippen LogP contribution in [0.1, 0.15) is 18.2 Å². The van der Waals surface area contributed by atoms with Crippen molar-refractivity contribution in [3.63, 3.8) is 0 Å². The fourth-order valence-corrected chi connectivity index (χ4v) is 3.40. The van der Waals surface area contributed by atoms with Gasteiger partial charge in [-0.3, -0.25) is 4.79 Å². The zero-order chi connectivity index (χ0) is 16.5. The molecule has 0 spiro atoms. The third-order valence-corrected chi connectivity index (χ3v) is 4.49. The normalized spacial score (nSPS) is 17.4. The van der Waals surface area contributed by atoms with Crippen molar-refractivity contribution in [2.75, 3.05) is 11.4 Å². The minimum absolute atomic E-state index is 0.0541. The van der Waals surface area contributed by atoms with Gasteiger partial charge in [-0.25, -0.2) is 4.98 Å². The number of carbonyl (C=O) groups is 1. The first-order valence-corrected chi connectivity index (χ1v) is 8.02. The lowest BCUT2D eigenvalue weighted by atomic mass is 10.1. The largest absolute Gasteiger partial charge is 0.316 e. The highest BCUT2D eigenvalue weighted by Crippen LogP contribution is 2.32. The van der Waals surface area contributed by atoms with Crippen LogP contribution in [0.25, 0.3) is 11.0 Å². The lowest BCUT2D eigenvalue weighted by molar-refractivity contribution is -0.117. The van der Waals surface area contributed by atoms with E-state index in [0.29, 0.717) is 19.5 Å². The number of terminal acetylenes is 1. The number of imidazole rings is 1. The van der Waals surface area contributed by atoms with Gasteiger partial charge in [-0.1, -0.05) is 36.3 Å². The van der Waals surface area contributed by atoms with Gasteiger partial charge < -0.3 is 9.47 Å². The number of benzene rings is 2. The zero-order valence-electron chi connectivity index (χ0n) is 13.2. The van der Waals surface area contributed by atoms with E-state index in [1.54, 1.807) is 0 Å². The van der Waals surface area contributed by atoms with Gasteiger partial charge in [-0.05, 0) is 24.3 Å². The Labute approximate surface area is 140 Å². The zero-order valence-corrected chi connectivity index (χ0v) is 13.2. The lowest BCUT2D eigenvalue weighted by Gasteiger charge is -2.16. The molecule has 1 saturated heterocycles. The molecule has 1 amide bonds. The number of fused-ring (bicyclic) bond motifs is 1. The Bertz CT molecular complexity index is 936. The van der Waals surface area contributed by atoms with Crippen molar-refractivity contribution in [2.24, 2.45) is 0 Å². The average Bonchev–Trinajstić information content (AvgIpc) is 3.17. The minimum Gasteiger partial charge on any atom is -0.316 e. The molecule has 2 heterocycles. The van der Waals surface area contributed by atoms with E-state index >= 15 is 0 Å². The van der Waals surface area contributed by atoms with Gasteiger partial charge in [-0.2, -0.15) is 0 Å². The predicted octanol–water partition coefficient (Wildman–Crippen LogP) is 3.19. The quantitative estimate of drug-likeness (QED) is 0.696. The second-order valence-electron chi connectivity index (χ2n) is 5.99. The van der Waals surface area contributed by atoms with Gasteiger partial charge in [0.15, 0.2) is 0 Å². The number of rotatable bonds is 3. The van der Waals surface area contributed by atoms with Crippen LogP contribution in [0.15, 0.2) is 54.6 Å². The predicted molar refractivity (Wildman–Crippen MR) is 94.7 cm³/mol. The van der Waals surface area contributed by atoms with E-state index in [1.165, 1.54) is 0 Å². The number of anilines is 1. The molecule has 0 bridgehead atoms. The molecule has 0 aliphatic carbocycles. The molecular formula is C20H17N3O. The van der Waals surface area contributed by atoms with Gasteiger partial charge in [-0.15, -0.1) is 6.42 Å². The maximum Gasteiger partial charge on any atom is 0.227 e. The summed E-state index contributed by atoms with van der Waals surface area (Å²) in [5.74, 6) is 3.79. The molecule has 4 rings (SSSR count). The van der Waals surface area contributed by atoms with Crippen LogP contribution in [-0.2, 0) is 11.3 Å². The van der Waals surface area contributed by atoms with Crippen molar-refractivity contribution in [3.05, 3.63) is 60.4 Å². The van der Waals surface area contributed by atoms with Crippen LogP contribution in [0.4, 0.5) is 5.69 Å². The monoisotopic (exact) mass is 315 g/mol. The highest BCUT2D eigenvalue weighted by molar-refractivity contribution is 5.96. The maximum absolute atomic E-state index is 12.5. The molecule has 1 aliphatic rings. The highest BCUT2D eigenvalue weighted by atomic mass is 16.2. The average molecular weight is 315 g/mol. The van der Waals surface area contributed by atoms with Crippen LogP contribution < -0.4 is 4.90 Å². The Balaban J connectivity index is 1.72. The molecule has 2 aromatic carbocycles. The first-order valence-electron chi connectivity index (χ1n) is 8.02. The van der Waals surface area contributed by atoms with Crippen molar-refractivity contribution in [1.82, 2.24) is 9.55 Å². The fourth-order valence-electron chi connectivity index (χ4n) is 3.40. The van der Waals surface area contributed by atoms with E-state index in [0.717, 1.165) is 22.5 Å². The topological polar surface area (TPSA) is 38.1 Å².